The van der Waals surface area contributed by atoms with E-state index in [-0.39, 0.29) is 5.69 Å². The molecule has 0 bridgehead atoms. The molecule has 4 nitrogen and oxygen atoms in total. The lowest BCUT2D eigenvalue weighted by atomic mass is 10.4. The van der Waals surface area contributed by atoms with Crippen molar-refractivity contribution in [2.24, 2.45) is 5.92 Å². The monoisotopic (exact) mass is 227 g/mol. The number of rotatable bonds is 5. The van der Waals surface area contributed by atoms with Crippen LogP contribution in [-0.4, -0.2) is 22.6 Å². The van der Waals surface area contributed by atoms with E-state index in [4.69, 9.17) is 11.6 Å². The van der Waals surface area contributed by atoms with Gasteiger partial charge >= 0.3 is 5.69 Å². The van der Waals surface area contributed by atoms with Crippen LogP contribution in [0.3, 0.4) is 0 Å². The summed E-state index contributed by atoms with van der Waals surface area (Å²) in [5.74, 6) is 0.860. The molecule has 5 heteroatoms. The molecular weight excluding hydrogens is 214 g/mol. The van der Waals surface area contributed by atoms with Crippen LogP contribution in [0.1, 0.15) is 12.8 Å². The van der Waals surface area contributed by atoms with Crippen molar-refractivity contribution >= 4 is 11.6 Å². The van der Waals surface area contributed by atoms with Gasteiger partial charge in [-0.15, -0.1) is 0 Å². The van der Waals surface area contributed by atoms with Crippen molar-refractivity contribution in [3.63, 3.8) is 0 Å². The molecule has 1 heterocycles. The molecule has 0 atom stereocenters. The van der Waals surface area contributed by atoms with Crippen LogP contribution in [0.15, 0.2) is 17.2 Å². The summed E-state index contributed by atoms with van der Waals surface area (Å²) in [4.78, 5) is 14.9. The smallest absolute Gasteiger partial charge is 0.315 e. The molecule has 0 aromatic carbocycles. The van der Waals surface area contributed by atoms with E-state index >= 15 is 0 Å². The van der Waals surface area contributed by atoms with E-state index in [2.05, 4.69) is 10.3 Å². The summed E-state index contributed by atoms with van der Waals surface area (Å²) in [6.45, 7) is 2.47. The molecule has 0 aliphatic heterocycles. The molecule has 1 aliphatic carbocycles. The van der Waals surface area contributed by atoms with E-state index in [9.17, 15) is 4.79 Å². The summed E-state index contributed by atoms with van der Waals surface area (Å²) in [5.41, 5.74) is -0.243. The van der Waals surface area contributed by atoms with Gasteiger partial charge in [0.2, 0.25) is 0 Å². The van der Waals surface area contributed by atoms with Gasteiger partial charge < -0.3 is 5.32 Å². The summed E-state index contributed by atoms with van der Waals surface area (Å²) in [7, 11) is 0. The molecule has 1 N–H and O–H groups in total. The highest BCUT2D eigenvalue weighted by molar-refractivity contribution is 6.30. The second kappa shape index (κ2) is 4.77. The third-order valence-electron chi connectivity index (χ3n) is 2.48. The van der Waals surface area contributed by atoms with Gasteiger partial charge in [-0.05, 0) is 25.3 Å². The standard InChI is InChI=1S/C10H14ClN3O/c11-9-6-13-10(15)14(7-9)4-3-12-5-8-1-2-8/h6-8,12H,1-5H2. The lowest BCUT2D eigenvalue weighted by molar-refractivity contribution is 0.559. The number of nitrogens with zero attached hydrogens (tertiary/aromatic N) is 2. The first-order valence-electron chi connectivity index (χ1n) is 5.18. The van der Waals surface area contributed by atoms with Crippen LogP contribution < -0.4 is 11.0 Å². The van der Waals surface area contributed by atoms with Gasteiger partial charge in [-0.25, -0.2) is 9.78 Å². The highest BCUT2D eigenvalue weighted by Crippen LogP contribution is 2.27. The Hall–Kier alpha value is -0.870. The summed E-state index contributed by atoms with van der Waals surface area (Å²) >= 11 is 5.75. The Bertz CT molecular complexity index is 386. The quantitative estimate of drug-likeness (QED) is 0.761. The van der Waals surface area contributed by atoms with Gasteiger partial charge in [0, 0.05) is 19.3 Å². The zero-order chi connectivity index (χ0) is 10.7. The van der Waals surface area contributed by atoms with Crippen LogP contribution >= 0.6 is 11.6 Å². The summed E-state index contributed by atoms with van der Waals surface area (Å²) in [5, 5.41) is 3.81. The number of halogens is 1. The SMILES string of the molecule is O=c1ncc(Cl)cn1CCNCC1CC1. The lowest BCUT2D eigenvalue weighted by Crippen LogP contribution is -2.28. The maximum absolute atomic E-state index is 11.3. The molecule has 1 saturated carbocycles. The topological polar surface area (TPSA) is 46.9 Å². The van der Waals surface area contributed by atoms with Gasteiger partial charge in [-0.2, -0.15) is 0 Å². The van der Waals surface area contributed by atoms with E-state index in [0.29, 0.717) is 11.6 Å². The minimum absolute atomic E-state index is 0.243. The molecule has 0 saturated heterocycles. The Labute approximate surface area is 93.3 Å². The van der Waals surface area contributed by atoms with Crippen LogP contribution in [-0.2, 0) is 6.54 Å². The van der Waals surface area contributed by atoms with Crippen molar-refractivity contribution in [2.75, 3.05) is 13.1 Å². The highest BCUT2D eigenvalue weighted by atomic mass is 35.5. The fourth-order valence-electron chi connectivity index (χ4n) is 1.42. The van der Waals surface area contributed by atoms with Crippen LogP contribution in [0.5, 0.6) is 0 Å². The lowest BCUT2D eigenvalue weighted by Gasteiger charge is -2.06. The Kier molecular flexibility index (Phi) is 3.38. The van der Waals surface area contributed by atoms with E-state index < -0.39 is 0 Å². The van der Waals surface area contributed by atoms with Crippen molar-refractivity contribution in [3.8, 4) is 0 Å². The Morgan fingerprint density at radius 2 is 2.40 bits per heavy atom. The Morgan fingerprint density at radius 1 is 1.60 bits per heavy atom. The van der Waals surface area contributed by atoms with Crippen molar-refractivity contribution in [1.29, 1.82) is 0 Å². The van der Waals surface area contributed by atoms with Crippen molar-refractivity contribution in [3.05, 3.63) is 27.9 Å². The number of hydrogen-bond donors (Lipinski definition) is 1. The predicted octanol–water partition coefficient (Wildman–Crippen LogP) is 0.896. The second-order valence-electron chi connectivity index (χ2n) is 3.90. The third kappa shape index (κ3) is 3.32. The first-order valence-corrected chi connectivity index (χ1v) is 5.56. The van der Waals surface area contributed by atoms with Crippen LogP contribution in [0.4, 0.5) is 0 Å². The minimum atomic E-state index is -0.243. The van der Waals surface area contributed by atoms with Gasteiger partial charge in [0.05, 0.1) is 11.2 Å². The third-order valence-corrected chi connectivity index (χ3v) is 2.68. The molecular formula is C10H14ClN3O. The van der Waals surface area contributed by atoms with Gasteiger partial charge in [-0.3, -0.25) is 4.57 Å². The maximum Gasteiger partial charge on any atom is 0.347 e. The zero-order valence-corrected chi connectivity index (χ0v) is 9.20. The van der Waals surface area contributed by atoms with Crippen molar-refractivity contribution in [1.82, 2.24) is 14.9 Å². The average molecular weight is 228 g/mol. The molecule has 0 spiro atoms. The van der Waals surface area contributed by atoms with Crippen molar-refractivity contribution in [2.45, 2.75) is 19.4 Å². The second-order valence-corrected chi connectivity index (χ2v) is 4.33. The van der Waals surface area contributed by atoms with E-state index in [1.165, 1.54) is 23.6 Å². The number of aromatic nitrogens is 2. The number of hydrogen-bond acceptors (Lipinski definition) is 3. The first-order chi connectivity index (χ1) is 7.25. The summed E-state index contributed by atoms with van der Waals surface area (Å²) < 4.78 is 1.53. The van der Waals surface area contributed by atoms with Gasteiger partial charge in [0.15, 0.2) is 0 Å². The average Bonchev–Trinajstić information content (AvgIpc) is 3.01. The number of nitrogens with one attached hydrogen (secondary N) is 1. The van der Waals surface area contributed by atoms with Gasteiger partial charge in [0.1, 0.15) is 0 Å². The zero-order valence-electron chi connectivity index (χ0n) is 8.45. The van der Waals surface area contributed by atoms with E-state index in [0.717, 1.165) is 19.0 Å². The van der Waals surface area contributed by atoms with E-state index in [1.807, 2.05) is 0 Å². The molecule has 15 heavy (non-hydrogen) atoms. The Morgan fingerprint density at radius 3 is 3.13 bits per heavy atom. The molecule has 1 aliphatic rings. The first kappa shape index (κ1) is 10.6. The molecule has 82 valence electrons. The fourth-order valence-corrected chi connectivity index (χ4v) is 1.58. The molecule has 0 radical (unpaired) electrons. The summed E-state index contributed by atoms with van der Waals surface area (Å²) in [6, 6.07) is 0. The Balaban J connectivity index is 1.81. The van der Waals surface area contributed by atoms with Crippen LogP contribution in [0.25, 0.3) is 0 Å². The molecule has 1 aromatic rings. The molecule has 1 aromatic heterocycles. The molecule has 1 fully saturated rings. The molecule has 0 amide bonds. The fraction of sp³-hybridized carbons (Fsp3) is 0.600. The van der Waals surface area contributed by atoms with Gasteiger partial charge in [0.25, 0.3) is 0 Å². The normalized spacial score (nSPS) is 15.5. The minimum Gasteiger partial charge on any atom is -0.315 e. The van der Waals surface area contributed by atoms with Crippen molar-refractivity contribution < 1.29 is 0 Å². The van der Waals surface area contributed by atoms with Gasteiger partial charge in [-0.1, -0.05) is 11.6 Å². The molecule has 0 unspecified atom stereocenters. The summed E-state index contributed by atoms with van der Waals surface area (Å²) in [6.07, 6.45) is 5.67. The van der Waals surface area contributed by atoms with Crippen LogP contribution in [0.2, 0.25) is 5.02 Å². The maximum atomic E-state index is 11.3. The van der Waals surface area contributed by atoms with Crippen LogP contribution in [0, 0.1) is 5.92 Å². The van der Waals surface area contributed by atoms with E-state index in [1.54, 1.807) is 6.20 Å². The predicted molar refractivity (Wildman–Crippen MR) is 59.1 cm³/mol. The highest BCUT2D eigenvalue weighted by Gasteiger charge is 2.19. The molecule has 2 rings (SSSR count). The largest absolute Gasteiger partial charge is 0.347 e.